The van der Waals surface area contributed by atoms with Gasteiger partial charge in [-0.2, -0.15) is 5.48 Å². The Kier molecular flexibility index (Phi) is 12.1. The molecular formula is C13H27NO2. The van der Waals surface area contributed by atoms with Crippen molar-refractivity contribution in [3.63, 3.8) is 0 Å². The minimum atomic E-state index is -0.148. The highest BCUT2D eigenvalue weighted by Crippen LogP contribution is 2.06. The zero-order chi connectivity index (χ0) is 12.1. The lowest BCUT2D eigenvalue weighted by atomic mass is 10.1. The molecule has 0 saturated carbocycles. The van der Waals surface area contributed by atoms with Crippen LogP contribution in [0.5, 0.6) is 0 Å². The lowest BCUT2D eigenvalue weighted by molar-refractivity contribution is -0.151. The van der Waals surface area contributed by atoms with Crippen molar-refractivity contribution in [1.29, 1.82) is 0 Å². The van der Waals surface area contributed by atoms with Gasteiger partial charge in [0.05, 0.1) is 0 Å². The molecule has 0 bridgehead atoms. The fraction of sp³-hybridized carbons (Fsp3) is 0.923. The molecule has 0 spiro atoms. The maximum Gasteiger partial charge on any atom is 0.324 e. The zero-order valence-electron chi connectivity index (χ0n) is 10.9. The maximum absolute atomic E-state index is 11.0. The Morgan fingerprint density at radius 2 is 1.56 bits per heavy atom. The van der Waals surface area contributed by atoms with Crippen molar-refractivity contribution < 1.29 is 9.63 Å². The van der Waals surface area contributed by atoms with Gasteiger partial charge in [-0.1, -0.05) is 52.4 Å². The summed E-state index contributed by atoms with van der Waals surface area (Å²) in [5.41, 5.74) is 2.72. The zero-order valence-corrected chi connectivity index (χ0v) is 10.9. The molecule has 16 heavy (non-hydrogen) atoms. The molecule has 0 rings (SSSR count). The summed E-state index contributed by atoms with van der Waals surface area (Å²) in [5, 5.41) is 0. The highest BCUT2D eigenvalue weighted by molar-refractivity contribution is 5.68. The first-order valence-corrected chi connectivity index (χ1v) is 6.73. The van der Waals surface area contributed by atoms with E-state index in [2.05, 4.69) is 12.4 Å². The van der Waals surface area contributed by atoms with Crippen molar-refractivity contribution in [3.05, 3.63) is 0 Å². The van der Waals surface area contributed by atoms with Gasteiger partial charge >= 0.3 is 5.97 Å². The molecule has 3 heteroatoms. The number of carbonyl (C=O) groups is 1. The number of hydrogen-bond acceptors (Lipinski definition) is 3. The molecule has 0 aliphatic rings. The van der Waals surface area contributed by atoms with E-state index in [9.17, 15) is 4.79 Å². The second kappa shape index (κ2) is 12.5. The van der Waals surface area contributed by atoms with Crippen LogP contribution in [0.1, 0.15) is 71.6 Å². The van der Waals surface area contributed by atoms with Gasteiger partial charge in [-0.25, -0.2) is 0 Å². The summed E-state index contributed by atoms with van der Waals surface area (Å²) in [7, 11) is 0. The lowest BCUT2D eigenvalue weighted by Gasteiger charge is -2.04. The SMILES string of the molecule is CCCCCCCCCNOC(=O)CCC. The third-order valence-electron chi connectivity index (χ3n) is 2.52. The first-order chi connectivity index (χ1) is 7.81. The van der Waals surface area contributed by atoms with Crippen LogP contribution in [0.25, 0.3) is 0 Å². The summed E-state index contributed by atoms with van der Waals surface area (Å²) in [6.45, 7) is 4.98. The minimum Gasteiger partial charge on any atom is -0.371 e. The topological polar surface area (TPSA) is 38.3 Å². The van der Waals surface area contributed by atoms with Crippen molar-refractivity contribution in [2.24, 2.45) is 0 Å². The summed E-state index contributed by atoms with van der Waals surface area (Å²) >= 11 is 0. The molecule has 0 aromatic rings. The predicted molar refractivity (Wildman–Crippen MR) is 67.0 cm³/mol. The normalized spacial score (nSPS) is 10.4. The fourth-order valence-corrected chi connectivity index (χ4v) is 1.54. The van der Waals surface area contributed by atoms with E-state index in [1.807, 2.05) is 6.92 Å². The molecule has 0 amide bonds. The smallest absolute Gasteiger partial charge is 0.324 e. The molecule has 0 heterocycles. The molecule has 0 radical (unpaired) electrons. The van der Waals surface area contributed by atoms with Crippen LogP contribution in [0.4, 0.5) is 0 Å². The molecule has 0 fully saturated rings. The van der Waals surface area contributed by atoms with E-state index >= 15 is 0 Å². The number of hydrogen-bond donors (Lipinski definition) is 1. The molecule has 0 aromatic heterocycles. The highest BCUT2D eigenvalue weighted by Gasteiger charge is 1.99. The molecule has 0 atom stereocenters. The number of unbranched alkanes of at least 4 members (excludes halogenated alkanes) is 6. The summed E-state index contributed by atoms with van der Waals surface area (Å²) < 4.78 is 0. The highest BCUT2D eigenvalue weighted by atomic mass is 16.7. The van der Waals surface area contributed by atoms with Crippen LogP contribution in [0, 0.1) is 0 Å². The van der Waals surface area contributed by atoms with E-state index in [1.165, 1.54) is 38.5 Å². The van der Waals surface area contributed by atoms with Crippen LogP contribution in [0.3, 0.4) is 0 Å². The van der Waals surface area contributed by atoms with Crippen molar-refractivity contribution in [1.82, 2.24) is 5.48 Å². The molecule has 1 N–H and O–H groups in total. The Morgan fingerprint density at radius 1 is 0.938 bits per heavy atom. The van der Waals surface area contributed by atoms with Gasteiger partial charge in [-0.15, -0.1) is 0 Å². The summed E-state index contributed by atoms with van der Waals surface area (Å²) in [4.78, 5) is 15.8. The second-order valence-electron chi connectivity index (χ2n) is 4.24. The van der Waals surface area contributed by atoms with E-state index in [0.717, 1.165) is 19.4 Å². The Balaban J connectivity index is 3.01. The van der Waals surface area contributed by atoms with Gasteiger partial charge < -0.3 is 4.84 Å². The second-order valence-corrected chi connectivity index (χ2v) is 4.24. The molecule has 0 aliphatic carbocycles. The van der Waals surface area contributed by atoms with Crippen molar-refractivity contribution >= 4 is 5.97 Å². The van der Waals surface area contributed by atoms with Gasteiger partial charge in [0.15, 0.2) is 0 Å². The van der Waals surface area contributed by atoms with Crippen LogP contribution < -0.4 is 5.48 Å². The van der Waals surface area contributed by atoms with Crippen LogP contribution in [-0.2, 0) is 9.63 Å². The van der Waals surface area contributed by atoms with E-state index < -0.39 is 0 Å². The third kappa shape index (κ3) is 11.5. The first kappa shape index (κ1) is 15.4. The van der Waals surface area contributed by atoms with Crippen molar-refractivity contribution in [2.75, 3.05) is 6.54 Å². The predicted octanol–water partition coefficient (Wildman–Crippen LogP) is 3.58. The number of carbonyl (C=O) groups excluding carboxylic acids is 1. The monoisotopic (exact) mass is 229 g/mol. The van der Waals surface area contributed by atoms with Crippen LogP contribution >= 0.6 is 0 Å². The lowest BCUT2D eigenvalue weighted by Crippen LogP contribution is -2.20. The van der Waals surface area contributed by atoms with Gasteiger partial charge in [-0.3, -0.25) is 4.79 Å². The average Bonchev–Trinajstić information content (AvgIpc) is 2.27. The summed E-state index contributed by atoms with van der Waals surface area (Å²) in [6.07, 6.45) is 10.3. The summed E-state index contributed by atoms with van der Waals surface area (Å²) in [6, 6.07) is 0. The number of rotatable bonds is 11. The molecule has 0 aromatic carbocycles. The third-order valence-corrected chi connectivity index (χ3v) is 2.52. The van der Waals surface area contributed by atoms with E-state index in [-0.39, 0.29) is 5.97 Å². The Bertz CT molecular complexity index is 160. The molecule has 96 valence electrons. The Hall–Kier alpha value is -0.570. The Morgan fingerprint density at radius 3 is 2.19 bits per heavy atom. The van der Waals surface area contributed by atoms with Gasteiger partial charge in [-0.05, 0) is 12.8 Å². The minimum absolute atomic E-state index is 0.148. The van der Waals surface area contributed by atoms with Crippen LogP contribution in [-0.4, -0.2) is 12.5 Å². The van der Waals surface area contributed by atoms with Crippen molar-refractivity contribution in [3.8, 4) is 0 Å². The van der Waals surface area contributed by atoms with E-state index in [4.69, 9.17) is 4.84 Å². The average molecular weight is 229 g/mol. The standard InChI is InChI=1S/C13H27NO2/c1-3-5-6-7-8-9-10-12-14-16-13(15)11-4-2/h14H,3-12H2,1-2H3. The maximum atomic E-state index is 11.0. The molecule has 3 nitrogen and oxygen atoms in total. The van der Waals surface area contributed by atoms with Crippen LogP contribution in [0.15, 0.2) is 0 Å². The van der Waals surface area contributed by atoms with Gasteiger partial charge in [0.1, 0.15) is 0 Å². The van der Waals surface area contributed by atoms with Crippen molar-refractivity contribution in [2.45, 2.75) is 71.6 Å². The largest absolute Gasteiger partial charge is 0.371 e. The number of nitrogens with one attached hydrogen (secondary N) is 1. The number of hydroxylamine groups is 1. The Labute approximate surface area is 99.9 Å². The van der Waals surface area contributed by atoms with Crippen LogP contribution in [0.2, 0.25) is 0 Å². The van der Waals surface area contributed by atoms with E-state index in [0.29, 0.717) is 6.42 Å². The summed E-state index contributed by atoms with van der Waals surface area (Å²) in [5.74, 6) is -0.148. The quantitative estimate of drug-likeness (QED) is 0.434. The van der Waals surface area contributed by atoms with E-state index in [1.54, 1.807) is 0 Å². The van der Waals surface area contributed by atoms with Gasteiger partial charge in [0, 0.05) is 13.0 Å². The van der Waals surface area contributed by atoms with Gasteiger partial charge in [0.25, 0.3) is 0 Å². The van der Waals surface area contributed by atoms with Gasteiger partial charge in [0.2, 0.25) is 0 Å². The fourth-order valence-electron chi connectivity index (χ4n) is 1.54. The molecular weight excluding hydrogens is 202 g/mol. The first-order valence-electron chi connectivity index (χ1n) is 6.73. The molecule has 0 aliphatic heterocycles. The molecule has 0 saturated heterocycles. The molecule has 0 unspecified atom stereocenters.